The highest BCUT2D eigenvalue weighted by molar-refractivity contribution is 7.97. The van der Waals surface area contributed by atoms with E-state index in [9.17, 15) is 40.7 Å². The molecule has 0 aliphatic heterocycles. The summed E-state index contributed by atoms with van der Waals surface area (Å²) in [6, 6.07) is 17.8. The van der Waals surface area contributed by atoms with Crippen molar-refractivity contribution in [1.82, 2.24) is 9.97 Å². The summed E-state index contributed by atoms with van der Waals surface area (Å²) in [6.45, 7) is 10.5. The van der Waals surface area contributed by atoms with Crippen LogP contribution in [0.15, 0.2) is 88.7 Å². The molecule has 2 saturated carbocycles. The Balaban J connectivity index is 0.000000289. The van der Waals surface area contributed by atoms with Crippen molar-refractivity contribution < 1.29 is 40.7 Å². The number of carbonyl (C=O) groups is 2. The van der Waals surface area contributed by atoms with Gasteiger partial charge in [-0.05, 0) is 98.0 Å². The molecule has 6 N–H and O–H groups in total. The number of fused-ring (bicyclic) bond motifs is 1. The second-order valence-electron chi connectivity index (χ2n) is 14.8. The Kier molecular flexibility index (Phi) is 23.3. The summed E-state index contributed by atoms with van der Waals surface area (Å²) in [5, 5.41) is 8.22. The number of nitrogens with zero attached hydrogens (tertiary/aromatic N) is 1. The maximum Gasteiger partial charge on any atom is 0.268 e. The normalized spacial score (nSPS) is 15.0. The maximum absolute atomic E-state index is 13.3. The number of nitrogens with two attached hydrogens (primary N) is 2. The number of aromatic amines is 1. The number of nitrogens with one attached hydrogen (secondary N) is 2. The third-order valence-electron chi connectivity index (χ3n) is 9.08. The smallest absolute Gasteiger partial charge is 0.268 e. The van der Waals surface area contributed by atoms with Gasteiger partial charge >= 0.3 is 0 Å². The molecular weight excluding hydrogens is 868 g/mol. The summed E-state index contributed by atoms with van der Waals surface area (Å²) in [4.78, 5) is 43.5. The topological polar surface area (TPSA) is 153 Å². The zero-order chi connectivity index (χ0) is 47.3. The van der Waals surface area contributed by atoms with Gasteiger partial charge < -0.3 is 20.8 Å². The SMILES string of the molecule is CC.CC(C)C.COc1cccc(F)c1F.Fc1cccc(Cl)c1F.NC(=O)c1nccc2[nH]c(C3CCCC3)cc(=O)c12.NSc1cccc(NC(=O)[C@H]2CCCC(F)(F)C2)c1. The van der Waals surface area contributed by atoms with E-state index in [0.717, 1.165) is 53.4 Å². The molecule has 1 atom stereocenters. The van der Waals surface area contributed by atoms with Gasteiger partial charge in [-0.15, -0.1) is 0 Å². The van der Waals surface area contributed by atoms with Gasteiger partial charge in [-0.2, -0.15) is 4.39 Å². The van der Waals surface area contributed by atoms with E-state index >= 15 is 0 Å². The highest BCUT2D eigenvalue weighted by atomic mass is 35.5. The van der Waals surface area contributed by atoms with Gasteiger partial charge in [-0.3, -0.25) is 24.5 Å². The maximum atomic E-state index is 13.3. The number of hydrogen-bond donors (Lipinski definition) is 4. The lowest BCUT2D eigenvalue weighted by molar-refractivity contribution is -0.127. The quantitative estimate of drug-likeness (QED) is 0.0751. The van der Waals surface area contributed by atoms with E-state index < -0.39 is 41.0 Å². The minimum absolute atomic E-state index is 0.0386. The standard InChI is InChI=1S/C14H15N3O2.C13H16F2N2OS.C7H6F2O.C6H3ClF2.C4H10.C2H6/c15-14(19)13-12-9(5-6-16-13)17-10(7-11(12)18)8-3-1-2-4-8;14-13(15)6-2-3-9(8-13)12(18)17-10-4-1-5-11(7-10)19-16;1-10-6-4-2-3-5(8)7(6)9;7-4-2-1-3-5(8)6(4)9;1-4(2)3;1-2/h5-8H,1-4H2,(H2,15,19)(H,17,18);1,4-5,7,9H,2-3,6,8,16H2,(H,17,18);2-4H,1H3;1-3H;4H,1-3H3;1-2H3/t;9-;;;;/m.0..../s1. The van der Waals surface area contributed by atoms with Crippen LogP contribution in [-0.4, -0.2) is 34.8 Å². The number of alkyl halides is 2. The molecule has 2 aliphatic rings. The van der Waals surface area contributed by atoms with E-state index in [-0.39, 0.29) is 46.0 Å². The van der Waals surface area contributed by atoms with Crippen LogP contribution in [0.25, 0.3) is 10.9 Å². The van der Waals surface area contributed by atoms with Crippen LogP contribution >= 0.6 is 23.5 Å². The van der Waals surface area contributed by atoms with Crippen LogP contribution in [0.2, 0.25) is 5.02 Å². The summed E-state index contributed by atoms with van der Waals surface area (Å²) in [7, 11) is 1.29. The third kappa shape index (κ3) is 17.9. The first-order chi connectivity index (χ1) is 29.9. The van der Waals surface area contributed by atoms with Crippen molar-refractivity contribution in [3.05, 3.63) is 129 Å². The van der Waals surface area contributed by atoms with Crippen molar-refractivity contribution >= 4 is 52.0 Å². The summed E-state index contributed by atoms with van der Waals surface area (Å²) < 4.78 is 80.2. The third-order valence-corrected chi connectivity index (χ3v) is 9.90. The molecule has 7 rings (SSSR count). The molecule has 344 valence electrons. The van der Waals surface area contributed by atoms with Crippen LogP contribution in [0.1, 0.15) is 108 Å². The lowest BCUT2D eigenvalue weighted by Gasteiger charge is -2.28. The number of aromatic nitrogens is 2. The number of rotatable bonds is 6. The second kappa shape index (κ2) is 27.2. The summed E-state index contributed by atoms with van der Waals surface area (Å²) in [6.07, 6.45) is 6.55. The van der Waals surface area contributed by atoms with Crippen LogP contribution in [0.3, 0.4) is 0 Å². The molecule has 2 amide bonds. The molecule has 2 aliphatic carbocycles. The summed E-state index contributed by atoms with van der Waals surface area (Å²) in [5.41, 5.74) is 7.29. The first-order valence-electron chi connectivity index (χ1n) is 20.4. The molecule has 0 bridgehead atoms. The molecule has 0 radical (unpaired) electrons. The number of anilines is 1. The predicted octanol–water partition coefficient (Wildman–Crippen LogP) is 12.4. The number of pyridine rings is 2. The number of ether oxygens (including phenoxy) is 1. The lowest BCUT2D eigenvalue weighted by atomic mass is 9.86. The molecule has 17 heteroatoms. The van der Waals surface area contributed by atoms with Crippen molar-refractivity contribution in [3.63, 3.8) is 0 Å². The zero-order valence-corrected chi connectivity index (χ0v) is 37.8. The minimum atomic E-state index is -2.71. The van der Waals surface area contributed by atoms with Gasteiger partial charge in [-0.1, -0.05) is 77.3 Å². The molecule has 2 heterocycles. The number of benzene rings is 3. The Morgan fingerprint density at radius 3 is 2.05 bits per heavy atom. The molecular formula is C46H56ClF6N5O4S. The van der Waals surface area contributed by atoms with Crippen LogP contribution in [0.4, 0.5) is 32.0 Å². The highest BCUT2D eigenvalue weighted by Gasteiger charge is 2.39. The number of carbonyl (C=O) groups excluding carboxylic acids is 2. The average molecular weight is 924 g/mol. The number of hydrogen-bond acceptors (Lipinski definition) is 7. The van der Waals surface area contributed by atoms with Crippen LogP contribution in [-0.2, 0) is 4.79 Å². The van der Waals surface area contributed by atoms with Crippen LogP contribution in [0.5, 0.6) is 5.75 Å². The van der Waals surface area contributed by atoms with E-state index in [2.05, 4.69) is 40.8 Å². The van der Waals surface area contributed by atoms with E-state index in [0.29, 0.717) is 30.0 Å². The number of H-pyrrole nitrogens is 1. The summed E-state index contributed by atoms with van der Waals surface area (Å²) in [5.74, 6) is -6.88. The van der Waals surface area contributed by atoms with Gasteiger partial charge in [0.1, 0.15) is 5.69 Å². The van der Waals surface area contributed by atoms with E-state index in [1.807, 2.05) is 19.9 Å². The zero-order valence-electron chi connectivity index (χ0n) is 36.2. The molecule has 5 aromatic rings. The van der Waals surface area contributed by atoms with Gasteiger partial charge in [0.25, 0.3) is 5.91 Å². The molecule has 0 saturated heterocycles. The number of methoxy groups -OCH3 is 1. The highest BCUT2D eigenvalue weighted by Crippen LogP contribution is 2.37. The van der Waals surface area contributed by atoms with Crippen molar-refractivity contribution in [2.45, 2.75) is 103 Å². The Labute approximate surface area is 373 Å². The largest absolute Gasteiger partial charge is 0.494 e. The van der Waals surface area contributed by atoms with E-state index in [1.165, 1.54) is 50.4 Å². The molecule has 2 aromatic heterocycles. The Bertz CT molecular complexity index is 2250. The first-order valence-corrected chi connectivity index (χ1v) is 21.7. The van der Waals surface area contributed by atoms with Crippen LogP contribution < -0.4 is 26.4 Å². The number of primary amides is 1. The van der Waals surface area contributed by atoms with Crippen molar-refractivity contribution in [1.29, 1.82) is 0 Å². The Morgan fingerprint density at radius 2 is 1.51 bits per heavy atom. The fourth-order valence-electron chi connectivity index (χ4n) is 6.27. The second-order valence-corrected chi connectivity index (χ2v) is 15.9. The van der Waals surface area contributed by atoms with E-state index in [1.54, 1.807) is 30.3 Å². The Morgan fingerprint density at radius 1 is 0.905 bits per heavy atom. The number of amides is 2. The molecule has 3 aromatic carbocycles. The predicted molar refractivity (Wildman–Crippen MR) is 240 cm³/mol. The van der Waals surface area contributed by atoms with Crippen molar-refractivity contribution in [2.24, 2.45) is 22.7 Å². The van der Waals surface area contributed by atoms with Gasteiger partial charge in [0.2, 0.25) is 17.6 Å². The molecule has 2 fully saturated rings. The molecule has 9 nitrogen and oxygen atoms in total. The number of halogens is 7. The van der Waals surface area contributed by atoms with Gasteiger partial charge in [0.15, 0.2) is 28.6 Å². The lowest BCUT2D eigenvalue weighted by Crippen LogP contribution is -2.33. The molecule has 63 heavy (non-hydrogen) atoms. The average Bonchev–Trinajstić information content (AvgIpc) is 3.80. The fraction of sp³-hybridized carbons (Fsp3) is 0.391. The first kappa shape index (κ1) is 54.1. The van der Waals surface area contributed by atoms with Crippen molar-refractivity contribution in [3.8, 4) is 5.75 Å². The Hall–Kier alpha value is -5.06. The monoisotopic (exact) mass is 923 g/mol. The molecule has 0 spiro atoms. The fourth-order valence-corrected chi connectivity index (χ4v) is 6.79. The van der Waals surface area contributed by atoms with Gasteiger partial charge in [0, 0.05) is 47.3 Å². The van der Waals surface area contributed by atoms with Gasteiger partial charge in [-0.25, -0.2) is 22.0 Å². The molecule has 0 unspecified atom stereocenters. The van der Waals surface area contributed by atoms with Crippen LogP contribution in [0, 0.1) is 35.1 Å². The van der Waals surface area contributed by atoms with Crippen molar-refractivity contribution in [2.75, 3.05) is 12.4 Å². The minimum Gasteiger partial charge on any atom is -0.494 e. The van der Waals surface area contributed by atoms with E-state index in [4.69, 9.17) is 22.5 Å². The van der Waals surface area contributed by atoms with Gasteiger partial charge in [0.05, 0.1) is 23.0 Å². The summed E-state index contributed by atoms with van der Waals surface area (Å²) >= 11 is 6.27.